The van der Waals surface area contributed by atoms with E-state index >= 15 is 0 Å². The van der Waals surface area contributed by atoms with Gasteiger partial charge in [-0.2, -0.15) is 0 Å². The van der Waals surface area contributed by atoms with Crippen LogP contribution in [0.4, 0.5) is 45.5 Å². The van der Waals surface area contributed by atoms with Crippen molar-refractivity contribution in [3.63, 3.8) is 0 Å². The molecule has 0 radical (unpaired) electrons. The van der Waals surface area contributed by atoms with Gasteiger partial charge >= 0.3 is 0 Å². The summed E-state index contributed by atoms with van der Waals surface area (Å²) in [6.45, 7) is 32.5. The molecule has 0 spiro atoms. The first kappa shape index (κ1) is 51.3. The molecule has 0 amide bonds. The van der Waals surface area contributed by atoms with Gasteiger partial charge in [0.1, 0.15) is 0 Å². The summed E-state index contributed by atoms with van der Waals surface area (Å²) >= 11 is 3.96. The molecule has 3 nitrogen and oxygen atoms in total. The number of fused-ring (bicyclic) bond motifs is 16. The van der Waals surface area contributed by atoms with Crippen molar-refractivity contribution >= 4 is 132 Å². The Hall–Kier alpha value is -6.34. The van der Waals surface area contributed by atoms with Crippen molar-refractivity contribution in [2.24, 2.45) is 0 Å². The van der Waals surface area contributed by atoms with E-state index in [1.54, 1.807) is 0 Å². The maximum atomic E-state index is 2.88. The maximum absolute atomic E-state index is 2.88. The molecule has 10 aromatic rings. The Bertz CT molecular complexity index is 4430. The van der Waals surface area contributed by atoms with Gasteiger partial charge in [0.25, 0.3) is 6.71 Å². The molecule has 82 heavy (non-hydrogen) atoms. The Labute approximate surface area is 495 Å². The van der Waals surface area contributed by atoms with E-state index in [4.69, 9.17) is 0 Å². The second-order valence-corrected chi connectivity index (χ2v) is 32.2. The molecule has 3 aliphatic carbocycles. The topological polar surface area (TPSA) is 9.72 Å². The van der Waals surface area contributed by atoms with Crippen molar-refractivity contribution in [1.29, 1.82) is 0 Å². The molecule has 1 saturated carbocycles. The first-order chi connectivity index (χ1) is 39.0. The van der Waals surface area contributed by atoms with Crippen LogP contribution in [0.5, 0.6) is 0 Å². The van der Waals surface area contributed by atoms with Crippen molar-refractivity contribution in [2.45, 2.75) is 179 Å². The number of hydrogen-bond acceptors (Lipinski definition) is 5. The van der Waals surface area contributed by atoms with Crippen molar-refractivity contribution in [2.75, 3.05) is 14.7 Å². The van der Waals surface area contributed by atoms with Gasteiger partial charge in [-0.25, -0.2) is 0 Å². The highest BCUT2D eigenvalue weighted by Crippen LogP contribution is 2.63. The van der Waals surface area contributed by atoms with E-state index < -0.39 is 0 Å². The fraction of sp³-hybridized carbons (Fsp3) is 0.368. The molecule has 1 fully saturated rings. The Morgan fingerprint density at radius 1 is 0.402 bits per heavy atom. The largest absolute Gasteiger partial charge is 0.334 e. The minimum absolute atomic E-state index is 0.00878. The van der Waals surface area contributed by atoms with Gasteiger partial charge in [0.05, 0.1) is 15.9 Å². The molecule has 6 aliphatic rings. The Morgan fingerprint density at radius 2 is 0.976 bits per heavy atom. The molecule has 2 unspecified atom stereocenters. The molecule has 412 valence electrons. The van der Waals surface area contributed by atoms with Crippen molar-refractivity contribution in [1.82, 2.24) is 0 Å². The summed E-state index contributed by atoms with van der Waals surface area (Å²) in [6.07, 6.45) is 9.46. The number of anilines is 8. The molecular formula is C76H78BN3S2. The fourth-order valence-electron chi connectivity index (χ4n) is 17.2. The molecule has 16 rings (SSSR count). The number of nitrogens with zero attached hydrogens (tertiary/aromatic N) is 3. The lowest BCUT2D eigenvalue weighted by Crippen LogP contribution is -2.62. The number of hydrogen-bond donors (Lipinski definition) is 0. The van der Waals surface area contributed by atoms with E-state index in [9.17, 15) is 0 Å². The van der Waals surface area contributed by atoms with Gasteiger partial charge < -0.3 is 14.7 Å². The van der Waals surface area contributed by atoms with Gasteiger partial charge in [0.2, 0.25) is 0 Å². The lowest BCUT2D eigenvalue weighted by atomic mass is 9.33. The molecule has 5 heterocycles. The predicted octanol–water partition coefficient (Wildman–Crippen LogP) is 20.2. The standard InChI is InChI=1S/C76H78BN3S2/c1-70(2,3)45-27-31-58-56(39-45)75(12)33-18-19-34-76(75,13)80(58)47-41-62-66-63(42-47)79(60-24-20-23-50-48-21-14-16-25-64(48)81-68(50)60)59-32-29-51-49-22-15-17-26-65(49)82-69(51)67(59)77(66)57-43-54-55(74(10,11)38-37-73(54,8)9)44-61(57)78(62)46-28-30-52-53(40-46)72(6,7)36-35-71(52,4)5/h14-17,20-32,39-44H,18-19,33-38H2,1-13H3. The number of benzene rings is 8. The first-order valence-corrected chi connectivity index (χ1v) is 32.5. The van der Waals surface area contributed by atoms with Crippen LogP contribution in [0.15, 0.2) is 140 Å². The van der Waals surface area contributed by atoms with Gasteiger partial charge in [-0.1, -0.05) is 175 Å². The van der Waals surface area contributed by atoms with E-state index in [0.29, 0.717) is 0 Å². The summed E-state index contributed by atoms with van der Waals surface area (Å²) in [6, 6.07) is 56.6. The third kappa shape index (κ3) is 6.83. The van der Waals surface area contributed by atoms with Gasteiger partial charge in [0, 0.05) is 75.5 Å². The zero-order chi connectivity index (χ0) is 56.6. The lowest BCUT2D eigenvalue weighted by Gasteiger charge is -2.51. The number of rotatable bonds is 3. The minimum atomic E-state index is -0.163. The third-order valence-electron chi connectivity index (χ3n) is 22.5. The van der Waals surface area contributed by atoms with Gasteiger partial charge in [-0.15, -0.1) is 22.7 Å². The third-order valence-corrected chi connectivity index (χ3v) is 24.9. The molecule has 2 aromatic heterocycles. The highest BCUT2D eigenvalue weighted by Gasteiger charge is 2.59. The molecule has 2 atom stereocenters. The summed E-state index contributed by atoms with van der Waals surface area (Å²) < 4.78 is 5.42. The van der Waals surface area contributed by atoms with Crippen LogP contribution in [0.2, 0.25) is 0 Å². The van der Waals surface area contributed by atoms with E-state index in [2.05, 4.69) is 244 Å². The Morgan fingerprint density at radius 3 is 1.66 bits per heavy atom. The van der Waals surface area contributed by atoms with Crippen LogP contribution in [-0.2, 0) is 32.5 Å². The average Bonchev–Trinajstić information content (AvgIpc) is 2.74. The summed E-state index contributed by atoms with van der Waals surface area (Å²) in [5.74, 6) is 0. The molecule has 6 heteroatoms. The summed E-state index contributed by atoms with van der Waals surface area (Å²) in [7, 11) is 0. The van der Waals surface area contributed by atoms with E-state index in [-0.39, 0.29) is 44.7 Å². The van der Waals surface area contributed by atoms with Crippen molar-refractivity contribution < 1.29 is 0 Å². The van der Waals surface area contributed by atoms with Crippen LogP contribution >= 0.6 is 22.7 Å². The predicted molar refractivity (Wildman–Crippen MR) is 358 cm³/mol. The first-order valence-electron chi connectivity index (χ1n) is 30.9. The second-order valence-electron chi connectivity index (χ2n) is 30.1. The van der Waals surface area contributed by atoms with Crippen molar-refractivity contribution in [3.8, 4) is 0 Å². The van der Waals surface area contributed by atoms with E-state index in [1.165, 1.54) is 168 Å². The molecule has 0 N–H and O–H groups in total. The lowest BCUT2D eigenvalue weighted by molar-refractivity contribution is 0.195. The van der Waals surface area contributed by atoms with Crippen LogP contribution < -0.4 is 31.1 Å². The van der Waals surface area contributed by atoms with Crippen LogP contribution in [0.25, 0.3) is 40.3 Å². The van der Waals surface area contributed by atoms with Crippen LogP contribution in [0.1, 0.15) is 175 Å². The monoisotopic (exact) mass is 1110 g/mol. The van der Waals surface area contributed by atoms with Crippen molar-refractivity contribution in [3.05, 3.63) is 173 Å². The van der Waals surface area contributed by atoms with Crippen LogP contribution in [-0.4, -0.2) is 12.3 Å². The van der Waals surface area contributed by atoms with Gasteiger partial charge in [-0.3, -0.25) is 0 Å². The smallest absolute Gasteiger partial charge is 0.254 e. The SMILES string of the molecule is CC(C)(C)c1ccc2c(c1)C1(C)CCCCC1(C)N2c1cc2c3c(c1)N(c1cccc4c1sc1ccccc14)c1ccc4c(sc5ccccc54)c1B3c1cc3c(cc1N2c1ccc2c(c1)C(C)(C)CCC2(C)C)C(C)(C)CCC3(C)C. The molecule has 0 bridgehead atoms. The number of thiophene rings is 2. The summed E-state index contributed by atoms with van der Waals surface area (Å²) in [5, 5.41) is 5.36. The maximum Gasteiger partial charge on any atom is 0.254 e. The summed E-state index contributed by atoms with van der Waals surface area (Å²) in [4.78, 5) is 8.46. The Kier molecular flexibility index (Phi) is 10.5. The highest BCUT2D eigenvalue weighted by molar-refractivity contribution is 7.28. The highest BCUT2D eigenvalue weighted by atomic mass is 32.1. The average molecular weight is 1110 g/mol. The van der Waals surface area contributed by atoms with Crippen LogP contribution in [0.3, 0.4) is 0 Å². The minimum Gasteiger partial charge on any atom is -0.334 e. The van der Waals surface area contributed by atoms with Gasteiger partial charge in [-0.05, 0) is 188 Å². The fourth-order valence-corrected chi connectivity index (χ4v) is 19.7. The van der Waals surface area contributed by atoms with Crippen LogP contribution in [0, 0.1) is 0 Å². The molecule has 3 aliphatic heterocycles. The van der Waals surface area contributed by atoms with E-state index in [0.717, 1.165) is 19.3 Å². The van der Waals surface area contributed by atoms with Gasteiger partial charge in [0.15, 0.2) is 0 Å². The molecular weight excluding hydrogens is 1030 g/mol. The zero-order valence-corrected chi connectivity index (χ0v) is 52.3. The zero-order valence-electron chi connectivity index (χ0n) is 50.7. The normalized spacial score (nSPS) is 22.5. The van der Waals surface area contributed by atoms with E-state index in [1.807, 2.05) is 22.7 Å². The summed E-state index contributed by atoms with van der Waals surface area (Å²) in [5.41, 5.74) is 23.7. The quantitative estimate of drug-likeness (QED) is 0.163. The second kappa shape index (κ2) is 16.7. The molecule has 0 saturated heterocycles. The molecule has 8 aromatic carbocycles. The Balaban J connectivity index is 1.09.